The average molecular weight is 476 g/mol. The summed E-state index contributed by atoms with van der Waals surface area (Å²) in [7, 11) is 0. The van der Waals surface area contributed by atoms with Crippen molar-refractivity contribution in [2.75, 3.05) is 4.90 Å². The van der Waals surface area contributed by atoms with Gasteiger partial charge in [-0.1, -0.05) is 35.3 Å². The quantitative estimate of drug-likeness (QED) is 0.362. The SMILES string of the molecule is CC(=O)N(c1nc(C=C2N=C(c3ccc(Cl)c(Cl)c3)OC2=O)cs1)c1ccccc1F. The van der Waals surface area contributed by atoms with E-state index in [9.17, 15) is 14.0 Å². The normalized spacial score (nSPS) is 14.5. The van der Waals surface area contributed by atoms with Crippen molar-refractivity contribution in [2.45, 2.75) is 6.92 Å². The Balaban J connectivity index is 1.65. The van der Waals surface area contributed by atoms with Gasteiger partial charge in [-0.15, -0.1) is 11.3 Å². The topological polar surface area (TPSA) is 71.9 Å². The van der Waals surface area contributed by atoms with Gasteiger partial charge < -0.3 is 4.74 Å². The van der Waals surface area contributed by atoms with Crippen molar-refractivity contribution < 1.29 is 18.7 Å². The highest BCUT2D eigenvalue weighted by molar-refractivity contribution is 7.14. The fourth-order valence-corrected chi connectivity index (χ4v) is 3.92. The molecule has 0 bridgehead atoms. The molecule has 1 aliphatic rings. The second-order valence-corrected chi connectivity index (χ2v) is 7.98. The molecule has 0 N–H and O–H groups in total. The lowest BCUT2D eigenvalue weighted by atomic mass is 10.2. The summed E-state index contributed by atoms with van der Waals surface area (Å²) < 4.78 is 19.4. The third-order valence-electron chi connectivity index (χ3n) is 4.18. The number of thiazole rings is 1. The van der Waals surface area contributed by atoms with Gasteiger partial charge in [-0.3, -0.25) is 9.69 Å². The van der Waals surface area contributed by atoms with E-state index in [0.29, 0.717) is 21.3 Å². The van der Waals surface area contributed by atoms with Gasteiger partial charge in [0, 0.05) is 17.9 Å². The lowest BCUT2D eigenvalue weighted by Gasteiger charge is -2.18. The van der Waals surface area contributed by atoms with Crippen LogP contribution in [0.25, 0.3) is 6.08 Å². The first-order valence-electron chi connectivity index (χ1n) is 8.82. The van der Waals surface area contributed by atoms with Crippen molar-refractivity contribution >= 4 is 69.2 Å². The van der Waals surface area contributed by atoms with Crippen LogP contribution in [-0.2, 0) is 14.3 Å². The van der Waals surface area contributed by atoms with Gasteiger partial charge in [0.15, 0.2) is 10.8 Å². The van der Waals surface area contributed by atoms with E-state index in [2.05, 4.69) is 9.98 Å². The predicted octanol–water partition coefficient (Wildman–Crippen LogP) is 5.62. The summed E-state index contributed by atoms with van der Waals surface area (Å²) in [6.07, 6.45) is 1.42. The molecule has 2 aromatic carbocycles. The highest BCUT2D eigenvalue weighted by Gasteiger charge is 2.26. The van der Waals surface area contributed by atoms with E-state index in [-0.39, 0.29) is 22.4 Å². The van der Waals surface area contributed by atoms with Gasteiger partial charge in [0.2, 0.25) is 11.8 Å². The number of ether oxygens (including phenoxy) is 1. The summed E-state index contributed by atoms with van der Waals surface area (Å²) in [4.78, 5) is 34.1. The third-order valence-corrected chi connectivity index (χ3v) is 5.76. The number of cyclic esters (lactones) is 1. The molecule has 4 rings (SSSR count). The molecule has 0 atom stereocenters. The number of carbonyl (C=O) groups is 2. The van der Waals surface area contributed by atoms with Crippen LogP contribution in [0.15, 0.2) is 58.5 Å². The molecule has 1 amide bonds. The Morgan fingerprint density at radius 1 is 1.19 bits per heavy atom. The summed E-state index contributed by atoms with van der Waals surface area (Å²) in [5.74, 6) is -1.53. The molecule has 10 heteroatoms. The number of halogens is 3. The second kappa shape index (κ2) is 8.58. The zero-order valence-corrected chi connectivity index (χ0v) is 18.1. The van der Waals surface area contributed by atoms with Crippen LogP contribution < -0.4 is 4.90 Å². The van der Waals surface area contributed by atoms with Crippen LogP contribution >= 0.6 is 34.5 Å². The number of amides is 1. The fourth-order valence-electron chi connectivity index (χ4n) is 2.79. The first-order valence-corrected chi connectivity index (χ1v) is 10.5. The predicted molar refractivity (Wildman–Crippen MR) is 118 cm³/mol. The third kappa shape index (κ3) is 4.36. The molecule has 2 heterocycles. The first kappa shape index (κ1) is 21.2. The first-order chi connectivity index (χ1) is 14.8. The number of aliphatic imine (C=N–C) groups is 1. The van der Waals surface area contributed by atoms with E-state index in [0.717, 1.165) is 11.3 Å². The molecular weight excluding hydrogens is 464 g/mol. The number of rotatable bonds is 4. The maximum absolute atomic E-state index is 14.2. The lowest BCUT2D eigenvalue weighted by molar-refractivity contribution is -0.130. The number of hydrogen-bond donors (Lipinski definition) is 0. The molecule has 0 spiro atoms. The number of nitrogens with zero attached hydrogens (tertiary/aromatic N) is 3. The highest BCUT2D eigenvalue weighted by atomic mass is 35.5. The molecular formula is C21H12Cl2FN3O3S. The molecule has 1 aromatic heterocycles. The molecule has 0 aliphatic carbocycles. The van der Waals surface area contributed by atoms with Crippen LogP contribution in [0, 0.1) is 5.82 Å². The Bertz CT molecular complexity index is 1270. The molecule has 0 radical (unpaired) electrons. The van der Waals surface area contributed by atoms with Crippen LogP contribution in [0.3, 0.4) is 0 Å². The standard InChI is InChI=1S/C21H12Cl2FN3O3S/c1-11(28)27(18-5-3-2-4-16(18)24)21-25-13(10-31-21)9-17-20(29)30-19(26-17)12-6-7-14(22)15(23)8-12/h2-10H,1H3. The van der Waals surface area contributed by atoms with Crippen molar-refractivity contribution in [3.05, 3.63) is 80.7 Å². The molecule has 1 aliphatic heterocycles. The van der Waals surface area contributed by atoms with E-state index in [1.165, 1.54) is 36.1 Å². The monoisotopic (exact) mass is 475 g/mol. The molecule has 0 unspecified atom stereocenters. The minimum absolute atomic E-state index is 0.0261. The minimum atomic E-state index is -0.659. The van der Waals surface area contributed by atoms with Gasteiger partial charge in [-0.2, -0.15) is 0 Å². The zero-order valence-electron chi connectivity index (χ0n) is 15.8. The Hall–Kier alpha value is -3.07. The molecule has 0 saturated carbocycles. The zero-order chi connectivity index (χ0) is 22.1. The van der Waals surface area contributed by atoms with E-state index in [1.807, 2.05) is 0 Å². The Labute approximate surface area is 190 Å². The number of benzene rings is 2. The van der Waals surface area contributed by atoms with Crippen LogP contribution in [0.5, 0.6) is 0 Å². The maximum atomic E-state index is 14.2. The van der Waals surface area contributed by atoms with Gasteiger partial charge in [0.05, 0.1) is 21.4 Å². The van der Waals surface area contributed by atoms with Crippen LogP contribution in [-0.4, -0.2) is 22.8 Å². The molecule has 6 nitrogen and oxygen atoms in total. The fraction of sp³-hybridized carbons (Fsp3) is 0.0476. The smallest absolute Gasteiger partial charge is 0.363 e. The summed E-state index contributed by atoms with van der Waals surface area (Å²) in [5.41, 5.74) is 0.975. The average Bonchev–Trinajstić information content (AvgIpc) is 3.33. The Kier molecular flexibility index (Phi) is 5.86. The number of esters is 1. The van der Waals surface area contributed by atoms with Gasteiger partial charge >= 0.3 is 5.97 Å². The number of hydrogen-bond acceptors (Lipinski definition) is 6. The van der Waals surface area contributed by atoms with Crippen molar-refractivity contribution in [2.24, 2.45) is 4.99 Å². The number of carbonyl (C=O) groups excluding carboxylic acids is 2. The van der Waals surface area contributed by atoms with Gasteiger partial charge in [-0.25, -0.2) is 19.2 Å². The Morgan fingerprint density at radius 3 is 2.68 bits per heavy atom. The van der Waals surface area contributed by atoms with Crippen molar-refractivity contribution in [1.82, 2.24) is 4.98 Å². The van der Waals surface area contributed by atoms with Crippen molar-refractivity contribution in [3.8, 4) is 0 Å². The van der Waals surface area contributed by atoms with Gasteiger partial charge in [0.25, 0.3) is 0 Å². The summed E-state index contributed by atoms with van der Waals surface area (Å²) >= 11 is 13.0. The summed E-state index contributed by atoms with van der Waals surface area (Å²) in [6, 6.07) is 10.6. The summed E-state index contributed by atoms with van der Waals surface area (Å²) in [6.45, 7) is 1.31. The highest BCUT2D eigenvalue weighted by Crippen LogP contribution is 2.32. The van der Waals surface area contributed by atoms with Gasteiger partial charge in [-0.05, 0) is 36.4 Å². The van der Waals surface area contributed by atoms with Crippen LogP contribution in [0.4, 0.5) is 15.2 Å². The number of aromatic nitrogens is 1. The molecule has 3 aromatic rings. The van der Waals surface area contributed by atoms with E-state index in [1.54, 1.807) is 29.6 Å². The van der Waals surface area contributed by atoms with E-state index in [4.69, 9.17) is 27.9 Å². The number of para-hydroxylation sites is 1. The van der Waals surface area contributed by atoms with Crippen LogP contribution in [0.1, 0.15) is 18.2 Å². The maximum Gasteiger partial charge on any atom is 0.363 e. The van der Waals surface area contributed by atoms with Crippen LogP contribution in [0.2, 0.25) is 10.0 Å². The van der Waals surface area contributed by atoms with E-state index >= 15 is 0 Å². The largest absolute Gasteiger partial charge is 0.402 e. The van der Waals surface area contributed by atoms with Crippen molar-refractivity contribution in [1.29, 1.82) is 0 Å². The molecule has 0 fully saturated rings. The minimum Gasteiger partial charge on any atom is -0.402 e. The van der Waals surface area contributed by atoms with Gasteiger partial charge in [0.1, 0.15) is 5.82 Å². The number of anilines is 2. The van der Waals surface area contributed by atoms with Crippen molar-refractivity contribution in [3.63, 3.8) is 0 Å². The molecule has 0 saturated heterocycles. The molecule has 31 heavy (non-hydrogen) atoms. The molecule has 156 valence electrons. The second-order valence-electron chi connectivity index (χ2n) is 6.33. The Morgan fingerprint density at radius 2 is 1.97 bits per heavy atom. The lowest BCUT2D eigenvalue weighted by Crippen LogP contribution is -2.23. The summed E-state index contributed by atoms with van der Waals surface area (Å²) in [5, 5.41) is 2.55. The van der Waals surface area contributed by atoms with E-state index < -0.39 is 17.7 Å².